The molecule has 0 fully saturated rings. The Balaban J connectivity index is 1.72. The number of carbonyl (C=O) groups is 1. The van der Waals surface area contributed by atoms with Crippen LogP contribution in [0.15, 0.2) is 39.3 Å². The lowest BCUT2D eigenvalue weighted by Gasteiger charge is -2.07. The van der Waals surface area contributed by atoms with Crippen LogP contribution in [0, 0.1) is 13.8 Å². The second kappa shape index (κ2) is 7.47. The Morgan fingerprint density at radius 1 is 1.29 bits per heavy atom. The largest absolute Gasteiger partial charge is 0.354 e. The first-order chi connectivity index (χ1) is 10.1. The average Bonchev–Trinajstić information content (AvgIpc) is 2.77. The molecule has 4 nitrogen and oxygen atoms in total. The average molecular weight is 322 g/mol. The van der Waals surface area contributed by atoms with Gasteiger partial charge in [0.1, 0.15) is 6.54 Å². The highest BCUT2D eigenvalue weighted by Crippen LogP contribution is 2.17. The lowest BCUT2D eigenvalue weighted by Crippen LogP contribution is -2.32. The van der Waals surface area contributed by atoms with Crippen molar-refractivity contribution >= 4 is 29.0 Å². The summed E-state index contributed by atoms with van der Waals surface area (Å²) in [7, 11) is 0. The van der Waals surface area contributed by atoms with Gasteiger partial charge < -0.3 is 5.32 Å². The summed E-state index contributed by atoms with van der Waals surface area (Å²) in [5, 5.41) is 4.61. The number of hydrogen-bond donors (Lipinski definition) is 1. The molecule has 1 aromatic heterocycles. The number of nitrogens with zero attached hydrogens (tertiary/aromatic N) is 1. The second-order valence-corrected chi connectivity index (χ2v) is 6.73. The lowest BCUT2D eigenvalue weighted by molar-refractivity contribution is -0.121. The van der Waals surface area contributed by atoms with Crippen LogP contribution >= 0.6 is 23.1 Å². The Labute approximate surface area is 132 Å². The van der Waals surface area contributed by atoms with E-state index in [-0.39, 0.29) is 17.3 Å². The van der Waals surface area contributed by atoms with Crippen LogP contribution in [0.1, 0.15) is 11.3 Å². The van der Waals surface area contributed by atoms with E-state index < -0.39 is 0 Å². The molecule has 112 valence electrons. The highest BCUT2D eigenvalue weighted by molar-refractivity contribution is 7.99. The van der Waals surface area contributed by atoms with Crippen molar-refractivity contribution in [2.75, 3.05) is 12.3 Å². The Bertz CT molecular complexity index is 659. The molecule has 6 heteroatoms. The highest BCUT2D eigenvalue weighted by Gasteiger charge is 2.07. The summed E-state index contributed by atoms with van der Waals surface area (Å²) in [5.74, 6) is 0.690. The molecule has 1 amide bonds. The molecule has 1 N–H and O–H groups in total. The summed E-state index contributed by atoms with van der Waals surface area (Å²) in [4.78, 5) is 24.4. The first-order valence-electron chi connectivity index (χ1n) is 6.67. The van der Waals surface area contributed by atoms with Crippen molar-refractivity contribution in [3.05, 3.63) is 50.6 Å². The van der Waals surface area contributed by atoms with E-state index >= 15 is 0 Å². The maximum atomic E-state index is 11.8. The summed E-state index contributed by atoms with van der Waals surface area (Å²) in [6.07, 6.45) is 0. The standard InChI is InChI=1S/C15H18N2O2S2/c1-11-3-5-13(6-4-11)20-8-7-16-14(18)9-17-12(2)10-21-15(17)19/h3-6,10H,7-9H2,1-2H3,(H,16,18). The van der Waals surface area contributed by atoms with E-state index in [0.717, 1.165) is 22.8 Å². The number of thiazole rings is 1. The molecule has 0 unspecified atom stereocenters. The monoisotopic (exact) mass is 322 g/mol. The van der Waals surface area contributed by atoms with Crippen molar-refractivity contribution in [3.63, 3.8) is 0 Å². The third-order valence-electron chi connectivity index (χ3n) is 2.99. The predicted octanol–water partition coefficient (Wildman–Crippen LogP) is 2.44. The zero-order chi connectivity index (χ0) is 15.2. The zero-order valence-corrected chi connectivity index (χ0v) is 13.7. The molecule has 0 spiro atoms. The third kappa shape index (κ3) is 4.75. The van der Waals surface area contributed by atoms with Crippen LogP contribution < -0.4 is 10.2 Å². The number of rotatable bonds is 6. The molecule has 0 radical (unpaired) electrons. The van der Waals surface area contributed by atoms with Crippen molar-refractivity contribution in [2.24, 2.45) is 0 Å². The zero-order valence-electron chi connectivity index (χ0n) is 12.1. The van der Waals surface area contributed by atoms with Crippen LogP contribution in [0.25, 0.3) is 0 Å². The number of amides is 1. The Morgan fingerprint density at radius 3 is 2.62 bits per heavy atom. The van der Waals surface area contributed by atoms with Crippen LogP contribution in [0.4, 0.5) is 0 Å². The molecule has 1 aromatic carbocycles. The minimum absolute atomic E-state index is 0.0864. The van der Waals surface area contributed by atoms with Crippen LogP contribution in [0.3, 0.4) is 0 Å². The van der Waals surface area contributed by atoms with E-state index in [0.29, 0.717) is 6.54 Å². The van der Waals surface area contributed by atoms with Crippen molar-refractivity contribution < 1.29 is 4.79 Å². The van der Waals surface area contributed by atoms with Crippen molar-refractivity contribution in [3.8, 4) is 0 Å². The van der Waals surface area contributed by atoms with Crippen LogP contribution in [0.2, 0.25) is 0 Å². The number of thioether (sulfide) groups is 1. The van der Waals surface area contributed by atoms with Gasteiger partial charge in [-0.05, 0) is 26.0 Å². The topological polar surface area (TPSA) is 51.1 Å². The molecule has 2 aromatic rings. The minimum Gasteiger partial charge on any atom is -0.354 e. The highest BCUT2D eigenvalue weighted by atomic mass is 32.2. The number of nitrogens with one attached hydrogen (secondary N) is 1. The van der Waals surface area contributed by atoms with Crippen molar-refractivity contribution in [2.45, 2.75) is 25.3 Å². The quantitative estimate of drug-likeness (QED) is 0.656. The van der Waals surface area contributed by atoms with Gasteiger partial charge in [-0.15, -0.1) is 11.8 Å². The van der Waals surface area contributed by atoms with Gasteiger partial charge in [-0.1, -0.05) is 29.0 Å². The van der Waals surface area contributed by atoms with Crippen LogP contribution in [0.5, 0.6) is 0 Å². The third-order valence-corrected chi connectivity index (χ3v) is 4.89. The second-order valence-electron chi connectivity index (χ2n) is 4.74. The van der Waals surface area contributed by atoms with Gasteiger partial charge in [0, 0.05) is 28.3 Å². The molecule has 0 aliphatic heterocycles. The predicted molar refractivity (Wildman–Crippen MR) is 88.2 cm³/mol. The Kier molecular flexibility index (Phi) is 5.64. The number of carbonyl (C=O) groups excluding carboxylic acids is 1. The van der Waals surface area contributed by atoms with E-state index in [4.69, 9.17) is 0 Å². The Morgan fingerprint density at radius 2 is 2.00 bits per heavy atom. The van der Waals surface area contributed by atoms with E-state index in [2.05, 4.69) is 36.5 Å². The van der Waals surface area contributed by atoms with Crippen molar-refractivity contribution in [1.82, 2.24) is 9.88 Å². The van der Waals surface area contributed by atoms with Crippen molar-refractivity contribution in [1.29, 1.82) is 0 Å². The SMILES string of the molecule is Cc1ccc(SCCNC(=O)Cn2c(C)csc2=O)cc1. The molecule has 0 bridgehead atoms. The van der Waals surface area contributed by atoms with Gasteiger partial charge in [0.15, 0.2) is 0 Å². The van der Waals surface area contributed by atoms with E-state index in [1.165, 1.54) is 15.0 Å². The number of hydrogen-bond acceptors (Lipinski definition) is 4. The molecule has 0 aliphatic carbocycles. The molecule has 0 atom stereocenters. The maximum absolute atomic E-state index is 11.8. The molecular weight excluding hydrogens is 304 g/mol. The van der Waals surface area contributed by atoms with E-state index in [9.17, 15) is 9.59 Å². The van der Waals surface area contributed by atoms with Crippen LogP contribution in [-0.4, -0.2) is 22.8 Å². The van der Waals surface area contributed by atoms with E-state index in [1.54, 1.807) is 17.1 Å². The molecular formula is C15H18N2O2S2. The van der Waals surface area contributed by atoms with Gasteiger partial charge in [0.25, 0.3) is 0 Å². The molecule has 0 saturated carbocycles. The molecule has 1 heterocycles. The first-order valence-corrected chi connectivity index (χ1v) is 8.54. The lowest BCUT2D eigenvalue weighted by atomic mass is 10.2. The van der Waals surface area contributed by atoms with Gasteiger partial charge in [0.2, 0.25) is 5.91 Å². The summed E-state index contributed by atoms with van der Waals surface area (Å²) >= 11 is 2.83. The summed E-state index contributed by atoms with van der Waals surface area (Å²) in [5.41, 5.74) is 2.07. The fourth-order valence-electron chi connectivity index (χ4n) is 1.79. The summed E-state index contributed by atoms with van der Waals surface area (Å²) in [6.45, 7) is 4.58. The number of aryl methyl sites for hydroxylation is 2. The van der Waals surface area contributed by atoms with Gasteiger partial charge in [-0.3, -0.25) is 14.2 Å². The fourth-order valence-corrected chi connectivity index (χ4v) is 3.29. The van der Waals surface area contributed by atoms with Gasteiger partial charge in [-0.25, -0.2) is 0 Å². The fraction of sp³-hybridized carbons (Fsp3) is 0.333. The molecule has 21 heavy (non-hydrogen) atoms. The van der Waals surface area contributed by atoms with Crippen LogP contribution in [-0.2, 0) is 11.3 Å². The summed E-state index contributed by atoms with van der Waals surface area (Å²) < 4.78 is 1.49. The number of aromatic nitrogens is 1. The molecule has 2 rings (SSSR count). The normalized spacial score (nSPS) is 10.6. The minimum atomic E-state index is -0.122. The van der Waals surface area contributed by atoms with E-state index in [1.807, 2.05) is 6.92 Å². The van der Waals surface area contributed by atoms with Gasteiger partial charge in [-0.2, -0.15) is 0 Å². The summed E-state index contributed by atoms with van der Waals surface area (Å²) in [6, 6.07) is 8.31. The van der Waals surface area contributed by atoms with Gasteiger partial charge >= 0.3 is 4.87 Å². The van der Waals surface area contributed by atoms with Gasteiger partial charge in [0.05, 0.1) is 0 Å². The smallest absolute Gasteiger partial charge is 0.307 e. The first kappa shape index (κ1) is 15.9. The maximum Gasteiger partial charge on any atom is 0.307 e. The number of benzene rings is 1. The Hall–Kier alpha value is -1.53. The molecule has 0 aliphatic rings. The molecule has 0 saturated heterocycles.